The maximum atomic E-state index is 14.0. The van der Waals surface area contributed by atoms with E-state index in [1.165, 1.54) is 29.8 Å². The lowest BCUT2D eigenvalue weighted by molar-refractivity contribution is 0.171. The van der Waals surface area contributed by atoms with Crippen LogP contribution in [0, 0.1) is 11.6 Å². The molecule has 4 aliphatic rings. The van der Waals surface area contributed by atoms with Crippen molar-refractivity contribution < 1.29 is 18.3 Å². The minimum Gasteiger partial charge on any atom is -0.486 e. The van der Waals surface area contributed by atoms with Gasteiger partial charge in [-0.05, 0) is 90.1 Å². The van der Waals surface area contributed by atoms with E-state index in [0.717, 1.165) is 69.6 Å². The number of allylic oxidation sites excluding steroid dienone is 1. The second kappa shape index (κ2) is 9.48. The molecule has 0 N–H and O–H groups in total. The Balaban J connectivity index is 1.34. The second-order valence-electron chi connectivity index (χ2n) is 9.65. The molecule has 4 nitrogen and oxygen atoms in total. The van der Waals surface area contributed by atoms with Gasteiger partial charge in [-0.2, -0.15) is 0 Å². The summed E-state index contributed by atoms with van der Waals surface area (Å²) in [6.07, 6.45) is 4.89. The number of halogens is 2. The van der Waals surface area contributed by atoms with Crippen molar-refractivity contribution >= 4 is 28.7 Å². The van der Waals surface area contributed by atoms with Crippen LogP contribution in [-0.4, -0.2) is 23.3 Å². The van der Waals surface area contributed by atoms with Gasteiger partial charge in [-0.15, -0.1) is 0 Å². The molecule has 3 aromatic rings. The largest absolute Gasteiger partial charge is 0.486 e. The number of ether oxygens (including phenoxy) is 2. The van der Waals surface area contributed by atoms with Crippen LogP contribution < -0.4 is 9.47 Å². The summed E-state index contributed by atoms with van der Waals surface area (Å²) in [6, 6.07) is 19.3. The molecule has 7 rings (SSSR count). The zero-order valence-electron chi connectivity index (χ0n) is 20.5. The van der Waals surface area contributed by atoms with Gasteiger partial charge in [0.25, 0.3) is 0 Å². The molecule has 3 heterocycles. The van der Waals surface area contributed by atoms with Crippen molar-refractivity contribution in [2.24, 2.45) is 4.99 Å². The lowest BCUT2D eigenvalue weighted by atomic mass is 9.82. The first kappa shape index (κ1) is 23.3. The van der Waals surface area contributed by atoms with E-state index < -0.39 is 0 Å². The molecule has 0 spiro atoms. The van der Waals surface area contributed by atoms with E-state index in [2.05, 4.69) is 22.5 Å². The quantitative estimate of drug-likeness (QED) is 0.350. The van der Waals surface area contributed by atoms with Crippen molar-refractivity contribution in [3.63, 3.8) is 0 Å². The monoisotopic (exact) mass is 526 g/mol. The fraction of sp³-hybridized carbons (Fsp3) is 0.194. The molecular weight excluding hydrogens is 502 g/mol. The topological polar surface area (TPSA) is 34.1 Å². The first-order valence-corrected chi connectivity index (χ1v) is 13.6. The van der Waals surface area contributed by atoms with Crippen molar-refractivity contribution in [3.05, 3.63) is 117 Å². The number of hydrogen-bond acceptors (Lipinski definition) is 5. The maximum Gasteiger partial charge on any atom is 0.174 e. The molecule has 0 bridgehead atoms. The van der Waals surface area contributed by atoms with Crippen LogP contribution in [0.2, 0.25) is 0 Å². The zero-order chi connectivity index (χ0) is 25.6. The van der Waals surface area contributed by atoms with E-state index in [4.69, 9.17) is 14.5 Å². The lowest BCUT2D eigenvalue weighted by Gasteiger charge is -2.40. The fourth-order valence-electron chi connectivity index (χ4n) is 5.53. The fourth-order valence-corrected chi connectivity index (χ4v) is 6.46. The standard InChI is InChI=1S/C31H24F2N2O2S/c32-23-9-4-19(5-10-23)16-22-2-1-3-25-29(22)34-31-35(30(25)20-6-11-24(33)12-7-20)26(18-38-31)21-8-13-27-28(17-21)37-15-14-36-27/h4-13,16-18,30H,1-3,14-15H2/b22-16+/t30-/m0/s1. The van der Waals surface area contributed by atoms with E-state index in [1.54, 1.807) is 23.9 Å². The summed E-state index contributed by atoms with van der Waals surface area (Å²) in [5.74, 6) is 0.983. The molecule has 1 aliphatic carbocycles. The number of amidine groups is 1. The molecule has 0 aromatic heterocycles. The number of fused-ring (bicyclic) bond motifs is 2. The number of benzene rings is 3. The van der Waals surface area contributed by atoms with Gasteiger partial charge >= 0.3 is 0 Å². The first-order chi connectivity index (χ1) is 18.6. The van der Waals surface area contributed by atoms with Gasteiger partial charge in [0, 0.05) is 11.0 Å². The highest BCUT2D eigenvalue weighted by molar-refractivity contribution is 8.16. The number of rotatable bonds is 3. The van der Waals surface area contributed by atoms with Gasteiger partial charge in [0.15, 0.2) is 16.7 Å². The van der Waals surface area contributed by atoms with Crippen molar-refractivity contribution in [2.45, 2.75) is 25.3 Å². The number of aliphatic imine (C=N–C) groups is 1. The SMILES string of the molecule is Fc1ccc(/C=C2\CCCC3=C2N=C2SC=C(c4ccc5c(c4)OCCO5)N2[C@H]3c2ccc(F)cc2)cc1. The molecule has 0 fully saturated rings. The predicted molar refractivity (Wildman–Crippen MR) is 147 cm³/mol. The Kier molecular flexibility index (Phi) is 5.81. The third-order valence-corrected chi connectivity index (χ3v) is 8.11. The maximum absolute atomic E-state index is 14.0. The Morgan fingerprint density at radius 2 is 1.61 bits per heavy atom. The highest BCUT2D eigenvalue weighted by Crippen LogP contribution is 2.51. The zero-order valence-corrected chi connectivity index (χ0v) is 21.3. The first-order valence-electron chi connectivity index (χ1n) is 12.7. The van der Waals surface area contributed by atoms with Crippen LogP contribution in [0.5, 0.6) is 11.5 Å². The lowest BCUT2D eigenvalue weighted by Crippen LogP contribution is -2.34. The van der Waals surface area contributed by atoms with Gasteiger partial charge in [0.1, 0.15) is 24.8 Å². The summed E-state index contributed by atoms with van der Waals surface area (Å²) in [4.78, 5) is 7.45. The van der Waals surface area contributed by atoms with Gasteiger partial charge in [-0.1, -0.05) is 36.0 Å². The Morgan fingerprint density at radius 3 is 2.39 bits per heavy atom. The van der Waals surface area contributed by atoms with Crippen LogP contribution in [0.15, 0.2) is 94.0 Å². The van der Waals surface area contributed by atoms with Crippen LogP contribution in [0.3, 0.4) is 0 Å². The molecular formula is C31H24F2N2O2S. The van der Waals surface area contributed by atoms with E-state index >= 15 is 0 Å². The highest BCUT2D eigenvalue weighted by Gasteiger charge is 2.40. The van der Waals surface area contributed by atoms with Crippen molar-refractivity contribution in [1.29, 1.82) is 0 Å². The Labute approximate surface area is 224 Å². The summed E-state index contributed by atoms with van der Waals surface area (Å²) < 4.78 is 39.1. The van der Waals surface area contributed by atoms with Gasteiger partial charge in [0.2, 0.25) is 0 Å². The molecule has 1 atom stereocenters. The molecule has 0 unspecified atom stereocenters. The number of thioether (sulfide) groups is 1. The summed E-state index contributed by atoms with van der Waals surface area (Å²) in [7, 11) is 0. The van der Waals surface area contributed by atoms with Crippen LogP contribution in [-0.2, 0) is 0 Å². The van der Waals surface area contributed by atoms with Crippen LogP contribution >= 0.6 is 11.8 Å². The average Bonchev–Trinajstić information content (AvgIpc) is 3.37. The Hall–Kier alpha value is -3.84. The number of nitrogens with zero attached hydrogens (tertiary/aromatic N) is 2. The summed E-state index contributed by atoms with van der Waals surface area (Å²) in [5.41, 5.74) is 7.36. The van der Waals surface area contributed by atoms with Crippen LogP contribution in [0.25, 0.3) is 11.8 Å². The van der Waals surface area contributed by atoms with Crippen molar-refractivity contribution in [3.8, 4) is 11.5 Å². The molecule has 3 aromatic carbocycles. The van der Waals surface area contributed by atoms with Crippen LogP contribution in [0.4, 0.5) is 8.78 Å². The third kappa shape index (κ3) is 4.11. The van der Waals surface area contributed by atoms with Crippen molar-refractivity contribution in [2.75, 3.05) is 13.2 Å². The minimum absolute atomic E-state index is 0.121. The molecule has 0 saturated carbocycles. The van der Waals surface area contributed by atoms with E-state index in [9.17, 15) is 8.78 Å². The molecule has 190 valence electrons. The second-order valence-corrected chi connectivity index (χ2v) is 10.5. The van der Waals surface area contributed by atoms with Crippen LogP contribution in [0.1, 0.15) is 42.0 Å². The van der Waals surface area contributed by atoms with Gasteiger partial charge in [-0.25, -0.2) is 13.8 Å². The predicted octanol–water partition coefficient (Wildman–Crippen LogP) is 7.72. The summed E-state index contributed by atoms with van der Waals surface area (Å²) in [5, 5.41) is 3.01. The normalized spacial score (nSPS) is 21.2. The van der Waals surface area contributed by atoms with E-state index in [0.29, 0.717) is 13.2 Å². The average molecular weight is 527 g/mol. The Morgan fingerprint density at radius 1 is 0.868 bits per heavy atom. The molecule has 0 amide bonds. The molecule has 3 aliphatic heterocycles. The van der Waals surface area contributed by atoms with Gasteiger partial charge in [-0.3, -0.25) is 0 Å². The molecule has 0 saturated heterocycles. The summed E-state index contributed by atoms with van der Waals surface area (Å²) in [6.45, 7) is 1.07. The van der Waals surface area contributed by atoms with E-state index in [-0.39, 0.29) is 17.7 Å². The van der Waals surface area contributed by atoms with E-state index in [1.807, 2.05) is 24.3 Å². The van der Waals surface area contributed by atoms with Crippen molar-refractivity contribution in [1.82, 2.24) is 4.90 Å². The molecule has 38 heavy (non-hydrogen) atoms. The highest BCUT2D eigenvalue weighted by atomic mass is 32.2. The van der Waals surface area contributed by atoms with Gasteiger partial charge in [0.05, 0.1) is 17.4 Å². The third-order valence-electron chi connectivity index (χ3n) is 7.27. The summed E-state index contributed by atoms with van der Waals surface area (Å²) >= 11 is 1.59. The number of hydrogen-bond donors (Lipinski definition) is 0. The molecule has 7 heteroatoms. The Bertz CT molecular complexity index is 1540. The minimum atomic E-state index is -0.258. The van der Waals surface area contributed by atoms with Gasteiger partial charge < -0.3 is 14.4 Å². The smallest absolute Gasteiger partial charge is 0.174 e. The molecule has 0 radical (unpaired) electrons.